The summed E-state index contributed by atoms with van der Waals surface area (Å²) in [5.74, 6) is -3.50. The molecule has 0 amide bonds. The summed E-state index contributed by atoms with van der Waals surface area (Å²) in [5.41, 5.74) is 4.39. The second-order valence-electron chi connectivity index (χ2n) is 8.40. The second kappa shape index (κ2) is 13.5. The maximum atomic E-state index is 14.3. The zero-order valence-electron chi connectivity index (χ0n) is 19.2. The van der Waals surface area contributed by atoms with Gasteiger partial charge in [-0.3, -0.25) is 13.6 Å². The summed E-state index contributed by atoms with van der Waals surface area (Å²) in [7, 11) is -4.39. The predicted octanol–water partition coefficient (Wildman–Crippen LogP) is 4.80. The molecular weight excluding hydrogens is 459 g/mol. The Morgan fingerprint density at radius 1 is 1.18 bits per heavy atom. The SMILES string of the molecule is CCCCCCCCCCCCOP(=O)(O)OC[C@@H]1CC(F)(F)[C@H](n2ccc(N)nc2=O)O1. The average Bonchev–Trinajstić information content (AvgIpc) is 3.05. The molecule has 190 valence electrons. The highest BCUT2D eigenvalue weighted by molar-refractivity contribution is 7.47. The molecule has 1 aliphatic heterocycles. The molecule has 3 N–H and O–H groups in total. The van der Waals surface area contributed by atoms with Gasteiger partial charge in [0.1, 0.15) is 5.82 Å². The van der Waals surface area contributed by atoms with Crippen molar-refractivity contribution in [2.75, 3.05) is 18.9 Å². The van der Waals surface area contributed by atoms with E-state index in [0.29, 0.717) is 11.0 Å². The standard InChI is InChI=1S/C21H36F2N3O6P/c1-2-3-4-5-6-7-8-9-10-11-14-30-33(28,29)31-16-17-15-21(22,23)19(32-17)26-13-12-18(24)25-20(26)27/h12-13,17,19H,2-11,14-16H2,1H3,(H,28,29)(H2,24,25,27)/t17-,19+/m0/s1. The van der Waals surface area contributed by atoms with Crippen molar-refractivity contribution in [3.8, 4) is 0 Å². The van der Waals surface area contributed by atoms with Crippen LogP contribution in [0.4, 0.5) is 14.6 Å². The highest BCUT2D eigenvalue weighted by Crippen LogP contribution is 2.46. The van der Waals surface area contributed by atoms with Crippen LogP contribution in [0.25, 0.3) is 0 Å². The van der Waals surface area contributed by atoms with Crippen LogP contribution in [-0.4, -0.2) is 39.7 Å². The molecule has 0 aromatic carbocycles. The van der Waals surface area contributed by atoms with E-state index in [0.717, 1.165) is 25.5 Å². The number of ether oxygens (including phenoxy) is 1. The van der Waals surface area contributed by atoms with Crippen molar-refractivity contribution in [3.05, 3.63) is 22.7 Å². The third kappa shape index (κ3) is 9.78. The Labute approximate surface area is 193 Å². The molecule has 0 spiro atoms. The van der Waals surface area contributed by atoms with Crippen molar-refractivity contribution in [2.45, 2.75) is 95.8 Å². The minimum Gasteiger partial charge on any atom is -0.383 e. The lowest BCUT2D eigenvalue weighted by molar-refractivity contribution is -0.120. The van der Waals surface area contributed by atoms with Crippen molar-refractivity contribution in [3.63, 3.8) is 0 Å². The quantitative estimate of drug-likeness (QED) is 0.247. The van der Waals surface area contributed by atoms with Gasteiger partial charge in [0.15, 0.2) is 0 Å². The fourth-order valence-electron chi connectivity index (χ4n) is 3.69. The second-order valence-corrected chi connectivity index (χ2v) is 9.85. The van der Waals surface area contributed by atoms with Crippen molar-refractivity contribution >= 4 is 13.6 Å². The number of rotatable bonds is 16. The molecule has 33 heavy (non-hydrogen) atoms. The lowest BCUT2D eigenvalue weighted by Gasteiger charge is -2.19. The van der Waals surface area contributed by atoms with Crippen LogP contribution in [0.1, 0.15) is 83.8 Å². The Kier molecular flexibility index (Phi) is 11.4. The minimum absolute atomic E-state index is 0.0427. The molecule has 0 aliphatic carbocycles. The van der Waals surface area contributed by atoms with Crippen LogP contribution in [0, 0.1) is 0 Å². The summed E-state index contributed by atoms with van der Waals surface area (Å²) in [6.07, 6.45) is 8.33. The molecule has 3 atom stereocenters. The fraction of sp³-hybridized carbons (Fsp3) is 0.810. The van der Waals surface area contributed by atoms with E-state index in [1.807, 2.05) is 0 Å². The number of hydrogen-bond acceptors (Lipinski definition) is 7. The maximum absolute atomic E-state index is 14.3. The molecule has 2 heterocycles. The smallest absolute Gasteiger partial charge is 0.383 e. The van der Waals surface area contributed by atoms with E-state index in [1.54, 1.807) is 0 Å². The summed E-state index contributed by atoms with van der Waals surface area (Å²) in [5, 5.41) is 0. The zero-order valence-corrected chi connectivity index (χ0v) is 20.1. The number of nitrogen functional groups attached to an aromatic ring is 1. The molecule has 1 saturated heterocycles. The third-order valence-corrected chi connectivity index (χ3v) is 6.45. The number of halogens is 2. The Morgan fingerprint density at radius 2 is 1.79 bits per heavy atom. The van der Waals surface area contributed by atoms with Crippen LogP contribution in [-0.2, 0) is 18.3 Å². The van der Waals surface area contributed by atoms with E-state index in [2.05, 4.69) is 11.9 Å². The Hall–Kier alpha value is -1.39. The first kappa shape index (κ1) is 27.9. The van der Waals surface area contributed by atoms with E-state index in [4.69, 9.17) is 19.5 Å². The van der Waals surface area contributed by atoms with Crippen molar-refractivity contribution in [1.29, 1.82) is 0 Å². The van der Waals surface area contributed by atoms with Gasteiger partial charge < -0.3 is 15.4 Å². The van der Waals surface area contributed by atoms with Gasteiger partial charge in [-0.15, -0.1) is 0 Å². The van der Waals surface area contributed by atoms with Crippen LogP contribution in [0.15, 0.2) is 17.1 Å². The van der Waals surface area contributed by atoms with Crippen LogP contribution < -0.4 is 11.4 Å². The molecule has 12 heteroatoms. The monoisotopic (exact) mass is 495 g/mol. The molecule has 2 rings (SSSR count). The van der Waals surface area contributed by atoms with Crippen LogP contribution in [0.3, 0.4) is 0 Å². The largest absolute Gasteiger partial charge is 0.472 e. The summed E-state index contributed by atoms with van der Waals surface area (Å²) >= 11 is 0. The highest BCUT2D eigenvalue weighted by atomic mass is 31.2. The number of phosphoric acid groups is 1. The normalized spacial score (nSPS) is 21.8. The van der Waals surface area contributed by atoms with Crippen molar-refractivity contribution in [2.24, 2.45) is 0 Å². The minimum atomic E-state index is -4.39. The molecule has 1 fully saturated rings. The molecule has 1 aliphatic rings. The van der Waals surface area contributed by atoms with Gasteiger partial charge in [0.05, 0.1) is 19.3 Å². The van der Waals surface area contributed by atoms with Gasteiger partial charge >= 0.3 is 13.5 Å². The summed E-state index contributed by atoms with van der Waals surface area (Å²) in [6.45, 7) is 1.66. The molecule has 1 unspecified atom stereocenters. The number of aromatic nitrogens is 2. The van der Waals surface area contributed by atoms with Gasteiger partial charge in [-0.1, -0.05) is 64.7 Å². The van der Waals surface area contributed by atoms with Gasteiger partial charge in [0.25, 0.3) is 5.92 Å². The predicted molar refractivity (Wildman–Crippen MR) is 120 cm³/mol. The summed E-state index contributed by atoms with van der Waals surface area (Å²) in [4.78, 5) is 25.0. The molecule has 1 aromatic heterocycles. The molecule has 0 saturated carbocycles. The van der Waals surface area contributed by atoms with Crippen LogP contribution in [0.5, 0.6) is 0 Å². The number of unbranched alkanes of at least 4 members (excludes halogenated alkanes) is 9. The number of anilines is 1. The Morgan fingerprint density at radius 3 is 2.39 bits per heavy atom. The Balaban J connectivity index is 1.64. The first-order valence-electron chi connectivity index (χ1n) is 11.6. The van der Waals surface area contributed by atoms with Gasteiger partial charge in [0.2, 0.25) is 6.23 Å². The highest BCUT2D eigenvalue weighted by Gasteiger charge is 2.52. The van der Waals surface area contributed by atoms with Gasteiger partial charge in [-0.25, -0.2) is 18.1 Å². The molecule has 9 nitrogen and oxygen atoms in total. The van der Waals surface area contributed by atoms with Gasteiger partial charge in [0, 0.05) is 12.6 Å². The van der Waals surface area contributed by atoms with E-state index >= 15 is 0 Å². The van der Waals surface area contributed by atoms with Crippen LogP contribution >= 0.6 is 7.82 Å². The van der Waals surface area contributed by atoms with E-state index in [1.165, 1.54) is 44.6 Å². The summed E-state index contributed by atoms with van der Waals surface area (Å²) in [6, 6.07) is 1.20. The average molecular weight is 496 g/mol. The van der Waals surface area contributed by atoms with Gasteiger partial charge in [-0.2, -0.15) is 4.98 Å². The lowest BCUT2D eigenvalue weighted by atomic mass is 10.1. The molecule has 0 radical (unpaired) electrons. The number of phosphoric ester groups is 1. The number of alkyl halides is 2. The first-order valence-corrected chi connectivity index (χ1v) is 13.1. The van der Waals surface area contributed by atoms with Crippen molar-refractivity contribution in [1.82, 2.24) is 9.55 Å². The molecular formula is C21H36F2N3O6P. The number of nitrogens with two attached hydrogens (primary N) is 1. The van der Waals surface area contributed by atoms with Crippen LogP contribution in [0.2, 0.25) is 0 Å². The van der Waals surface area contributed by atoms with E-state index < -0.39 is 44.8 Å². The van der Waals surface area contributed by atoms with Gasteiger partial charge in [-0.05, 0) is 12.5 Å². The lowest BCUT2D eigenvalue weighted by Crippen LogP contribution is -2.35. The van der Waals surface area contributed by atoms with E-state index in [9.17, 15) is 23.0 Å². The van der Waals surface area contributed by atoms with E-state index in [-0.39, 0.29) is 12.4 Å². The maximum Gasteiger partial charge on any atom is 0.472 e. The number of hydrogen-bond donors (Lipinski definition) is 2. The van der Waals surface area contributed by atoms with Crippen molar-refractivity contribution < 1.29 is 32.0 Å². The number of nitrogens with zero attached hydrogens (tertiary/aromatic N) is 2. The Bertz CT molecular complexity index is 825. The fourth-order valence-corrected chi connectivity index (χ4v) is 4.48. The molecule has 0 bridgehead atoms. The third-order valence-electron chi connectivity index (χ3n) is 5.46. The summed E-state index contributed by atoms with van der Waals surface area (Å²) < 4.78 is 56.3. The topological polar surface area (TPSA) is 126 Å². The zero-order chi connectivity index (χ0) is 24.3. The first-order chi connectivity index (χ1) is 15.6. The molecule has 1 aromatic rings.